The number of benzene rings is 2. The van der Waals surface area contributed by atoms with E-state index in [9.17, 15) is 8.42 Å². The molecule has 1 aliphatic heterocycles. The molecule has 3 aromatic rings. The number of H-pyrrole nitrogens is 1. The van der Waals surface area contributed by atoms with Crippen molar-refractivity contribution >= 4 is 27.1 Å². The Morgan fingerprint density at radius 2 is 1.63 bits per heavy atom. The molecule has 1 aliphatic rings. The number of nitrogens with one attached hydrogen (secondary N) is 3. The second-order valence-corrected chi connectivity index (χ2v) is 7.76. The number of fused-ring (bicyclic) bond motifs is 1. The van der Waals surface area contributed by atoms with Gasteiger partial charge in [-0.2, -0.15) is 5.10 Å². The van der Waals surface area contributed by atoms with Crippen LogP contribution in [0.25, 0.3) is 0 Å². The van der Waals surface area contributed by atoms with Crippen molar-refractivity contribution in [2.24, 2.45) is 0 Å². The van der Waals surface area contributed by atoms with Crippen LogP contribution in [0.1, 0.15) is 11.4 Å². The standard InChI is InChI=1S/C18H18N4O4S/c1-11-18(12(2)21-20-11)27(23,24)22-14-5-3-13(4-6-14)19-15-7-8-16-17(9-15)26-10-25-16/h3-9,19,22H,10H2,1-2H3,(H,20,21). The van der Waals surface area contributed by atoms with E-state index in [1.807, 2.05) is 18.2 Å². The Labute approximate surface area is 156 Å². The van der Waals surface area contributed by atoms with Crippen molar-refractivity contribution in [1.29, 1.82) is 0 Å². The Hall–Kier alpha value is -3.20. The molecule has 0 unspecified atom stereocenters. The Balaban J connectivity index is 1.49. The number of hydrogen-bond acceptors (Lipinski definition) is 6. The van der Waals surface area contributed by atoms with Crippen molar-refractivity contribution < 1.29 is 17.9 Å². The van der Waals surface area contributed by atoms with E-state index in [2.05, 4.69) is 20.2 Å². The zero-order valence-electron chi connectivity index (χ0n) is 14.7. The summed E-state index contributed by atoms with van der Waals surface area (Å²) in [5.41, 5.74) is 3.05. The summed E-state index contributed by atoms with van der Waals surface area (Å²) in [5.74, 6) is 1.41. The topological polar surface area (TPSA) is 105 Å². The zero-order chi connectivity index (χ0) is 19.0. The molecule has 0 spiro atoms. The van der Waals surface area contributed by atoms with Gasteiger partial charge in [-0.25, -0.2) is 8.42 Å². The summed E-state index contributed by atoms with van der Waals surface area (Å²) in [6, 6.07) is 12.5. The number of ether oxygens (including phenoxy) is 2. The third kappa shape index (κ3) is 3.41. The van der Waals surface area contributed by atoms with Crippen molar-refractivity contribution in [2.45, 2.75) is 18.7 Å². The van der Waals surface area contributed by atoms with E-state index in [1.54, 1.807) is 38.1 Å². The van der Waals surface area contributed by atoms with Crippen LogP contribution in [0.2, 0.25) is 0 Å². The van der Waals surface area contributed by atoms with Crippen molar-refractivity contribution in [3.8, 4) is 11.5 Å². The third-order valence-corrected chi connectivity index (χ3v) is 5.77. The van der Waals surface area contributed by atoms with Gasteiger partial charge in [-0.05, 0) is 50.2 Å². The lowest BCUT2D eigenvalue weighted by molar-refractivity contribution is 0.174. The van der Waals surface area contributed by atoms with Gasteiger partial charge in [0.1, 0.15) is 4.90 Å². The van der Waals surface area contributed by atoms with E-state index in [0.717, 1.165) is 17.1 Å². The van der Waals surface area contributed by atoms with E-state index in [1.165, 1.54) is 0 Å². The summed E-state index contributed by atoms with van der Waals surface area (Å²) in [6.07, 6.45) is 0. The lowest BCUT2D eigenvalue weighted by Gasteiger charge is -2.10. The number of rotatable bonds is 5. The summed E-state index contributed by atoms with van der Waals surface area (Å²) in [4.78, 5) is 0.171. The lowest BCUT2D eigenvalue weighted by Crippen LogP contribution is -2.14. The molecule has 1 aromatic heterocycles. The highest BCUT2D eigenvalue weighted by molar-refractivity contribution is 7.92. The molecule has 4 rings (SSSR count). The average molecular weight is 386 g/mol. The summed E-state index contributed by atoms with van der Waals surface area (Å²) in [7, 11) is -3.70. The minimum atomic E-state index is -3.70. The fourth-order valence-electron chi connectivity index (χ4n) is 2.91. The highest BCUT2D eigenvalue weighted by Gasteiger charge is 2.22. The van der Waals surface area contributed by atoms with Crippen LogP contribution in [0.4, 0.5) is 17.1 Å². The maximum Gasteiger partial charge on any atom is 0.265 e. The molecule has 2 aromatic carbocycles. The molecule has 0 amide bonds. The molecular formula is C18H18N4O4S. The molecule has 27 heavy (non-hydrogen) atoms. The van der Waals surface area contributed by atoms with E-state index in [0.29, 0.717) is 22.8 Å². The second kappa shape index (κ2) is 6.51. The fraction of sp³-hybridized carbons (Fsp3) is 0.167. The van der Waals surface area contributed by atoms with E-state index in [-0.39, 0.29) is 11.7 Å². The second-order valence-electron chi connectivity index (χ2n) is 6.14. The number of aromatic amines is 1. The van der Waals surface area contributed by atoms with E-state index < -0.39 is 10.0 Å². The quantitative estimate of drug-likeness (QED) is 0.621. The minimum Gasteiger partial charge on any atom is -0.454 e. The van der Waals surface area contributed by atoms with Gasteiger partial charge in [0, 0.05) is 23.1 Å². The molecular weight excluding hydrogens is 368 g/mol. The Kier molecular flexibility index (Phi) is 4.15. The van der Waals surface area contributed by atoms with Gasteiger partial charge in [-0.3, -0.25) is 9.82 Å². The summed E-state index contributed by atoms with van der Waals surface area (Å²) in [6.45, 7) is 3.55. The van der Waals surface area contributed by atoms with Crippen molar-refractivity contribution in [3.63, 3.8) is 0 Å². The zero-order valence-corrected chi connectivity index (χ0v) is 15.6. The van der Waals surface area contributed by atoms with E-state index >= 15 is 0 Å². The predicted octanol–water partition coefficient (Wildman–Crippen LogP) is 3.30. The average Bonchev–Trinajstić information content (AvgIpc) is 3.22. The van der Waals surface area contributed by atoms with Crippen LogP contribution in [0.15, 0.2) is 47.4 Å². The Morgan fingerprint density at radius 3 is 2.33 bits per heavy atom. The number of aromatic nitrogens is 2. The highest BCUT2D eigenvalue weighted by atomic mass is 32.2. The first-order valence-electron chi connectivity index (χ1n) is 8.23. The lowest BCUT2D eigenvalue weighted by atomic mass is 10.2. The van der Waals surface area contributed by atoms with Crippen LogP contribution < -0.4 is 19.5 Å². The predicted molar refractivity (Wildman–Crippen MR) is 101 cm³/mol. The summed E-state index contributed by atoms with van der Waals surface area (Å²) in [5, 5.41) is 9.86. The molecule has 0 atom stereocenters. The molecule has 9 heteroatoms. The number of nitrogens with zero attached hydrogens (tertiary/aromatic N) is 1. The monoisotopic (exact) mass is 386 g/mol. The molecule has 0 saturated heterocycles. The Morgan fingerprint density at radius 1 is 0.963 bits per heavy atom. The maximum atomic E-state index is 12.6. The van der Waals surface area contributed by atoms with Crippen molar-refractivity contribution in [1.82, 2.24) is 10.2 Å². The van der Waals surface area contributed by atoms with Crippen LogP contribution in [-0.4, -0.2) is 25.4 Å². The van der Waals surface area contributed by atoms with Crippen LogP contribution in [0, 0.1) is 13.8 Å². The van der Waals surface area contributed by atoms with Crippen LogP contribution >= 0.6 is 0 Å². The number of anilines is 3. The normalized spacial score (nSPS) is 12.8. The van der Waals surface area contributed by atoms with Crippen molar-refractivity contribution in [3.05, 3.63) is 53.9 Å². The number of aryl methyl sites for hydroxylation is 2. The molecule has 0 radical (unpaired) electrons. The van der Waals surface area contributed by atoms with Gasteiger partial charge in [-0.15, -0.1) is 0 Å². The van der Waals surface area contributed by atoms with Gasteiger partial charge in [-0.1, -0.05) is 0 Å². The van der Waals surface area contributed by atoms with Crippen LogP contribution in [-0.2, 0) is 10.0 Å². The van der Waals surface area contributed by atoms with Gasteiger partial charge >= 0.3 is 0 Å². The smallest absolute Gasteiger partial charge is 0.265 e. The molecule has 3 N–H and O–H groups in total. The first-order valence-corrected chi connectivity index (χ1v) is 9.72. The van der Waals surface area contributed by atoms with Gasteiger partial charge < -0.3 is 14.8 Å². The molecule has 0 aliphatic carbocycles. The minimum absolute atomic E-state index is 0.171. The first-order chi connectivity index (χ1) is 12.9. The van der Waals surface area contributed by atoms with E-state index in [4.69, 9.17) is 9.47 Å². The molecule has 2 heterocycles. The van der Waals surface area contributed by atoms with Gasteiger partial charge in [0.2, 0.25) is 6.79 Å². The van der Waals surface area contributed by atoms with Crippen molar-refractivity contribution in [2.75, 3.05) is 16.8 Å². The molecule has 0 bridgehead atoms. The van der Waals surface area contributed by atoms with Gasteiger partial charge in [0.15, 0.2) is 11.5 Å². The maximum absolute atomic E-state index is 12.6. The summed E-state index contributed by atoms with van der Waals surface area (Å²) >= 11 is 0. The van der Waals surface area contributed by atoms with Crippen LogP contribution in [0.3, 0.4) is 0 Å². The first kappa shape index (κ1) is 17.2. The van der Waals surface area contributed by atoms with Gasteiger partial charge in [0.25, 0.3) is 10.0 Å². The highest BCUT2D eigenvalue weighted by Crippen LogP contribution is 2.35. The molecule has 0 fully saturated rings. The summed E-state index contributed by atoms with van der Waals surface area (Å²) < 4.78 is 38.4. The molecule has 140 valence electrons. The molecule has 0 saturated carbocycles. The molecule has 8 nitrogen and oxygen atoms in total. The number of sulfonamides is 1. The van der Waals surface area contributed by atoms with Gasteiger partial charge in [0.05, 0.1) is 11.4 Å². The fourth-order valence-corrected chi connectivity index (χ4v) is 4.34. The number of hydrogen-bond donors (Lipinski definition) is 3. The van der Waals surface area contributed by atoms with Crippen LogP contribution in [0.5, 0.6) is 11.5 Å². The SMILES string of the molecule is Cc1n[nH]c(C)c1S(=O)(=O)Nc1ccc(Nc2ccc3c(c2)OCO3)cc1. The largest absolute Gasteiger partial charge is 0.454 e. The Bertz CT molecular complexity index is 1070. The third-order valence-electron chi connectivity index (χ3n) is 4.13.